The van der Waals surface area contributed by atoms with Gasteiger partial charge in [-0.1, -0.05) is 6.92 Å². The number of amides is 2. The van der Waals surface area contributed by atoms with Crippen molar-refractivity contribution in [1.29, 1.82) is 0 Å². The second kappa shape index (κ2) is 6.58. The summed E-state index contributed by atoms with van der Waals surface area (Å²) >= 11 is 0. The lowest BCUT2D eigenvalue weighted by Gasteiger charge is -2.26. The van der Waals surface area contributed by atoms with Crippen LogP contribution in [0.2, 0.25) is 0 Å². The van der Waals surface area contributed by atoms with Crippen LogP contribution in [0.1, 0.15) is 19.8 Å². The number of likely N-dealkylation sites (tertiary alicyclic amines) is 1. The molecule has 0 aromatic carbocycles. The van der Waals surface area contributed by atoms with Crippen LogP contribution in [-0.4, -0.2) is 66.7 Å². The van der Waals surface area contributed by atoms with E-state index in [2.05, 4.69) is 17.3 Å². The molecule has 0 aromatic rings. The molecular weight excluding hydrogens is 234 g/mol. The minimum Gasteiger partial charge on any atom is -0.481 e. The first-order valence-corrected chi connectivity index (χ1v) is 6.33. The van der Waals surface area contributed by atoms with E-state index in [1.54, 1.807) is 18.9 Å². The van der Waals surface area contributed by atoms with Crippen molar-refractivity contribution in [2.45, 2.75) is 25.8 Å². The van der Waals surface area contributed by atoms with Crippen molar-refractivity contribution >= 4 is 12.0 Å². The highest BCUT2D eigenvalue weighted by molar-refractivity contribution is 5.75. The van der Waals surface area contributed by atoms with Gasteiger partial charge in [-0.25, -0.2) is 4.79 Å². The van der Waals surface area contributed by atoms with E-state index in [1.807, 2.05) is 0 Å². The van der Waals surface area contributed by atoms with Crippen LogP contribution < -0.4 is 5.32 Å². The molecule has 0 saturated carbocycles. The Morgan fingerprint density at radius 2 is 2.22 bits per heavy atom. The molecule has 0 spiro atoms. The fourth-order valence-corrected chi connectivity index (χ4v) is 2.07. The standard InChI is InChI=1S/C12H23N3O3/c1-9(11(16)17)7-13-12(18)15(3)8-10-5-4-6-14(10)2/h9-10H,4-8H2,1-3H3,(H,13,18)(H,16,17). The molecule has 1 fully saturated rings. The Morgan fingerprint density at radius 1 is 1.56 bits per heavy atom. The summed E-state index contributed by atoms with van der Waals surface area (Å²) in [6, 6.07) is 0.209. The predicted molar refractivity (Wildman–Crippen MR) is 68.5 cm³/mol. The number of carboxylic acid groups (broad SMARTS) is 1. The van der Waals surface area contributed by atoms with Gasteiger partial charge in [-0.2, -0.15) is 0 Å². The van der Waals surface area contributed by atoms with Crippen LogP contribution in [-0.2, 0) is 4.79 Å². The largest absolute Gasteiger partial charge is 0.481 e. The molecule has 2 amide bonds. The molecule has 6 heteroatoms. The molecule has 1 heterocycles. The number of hydrogen-bond donors (Lipinski definition) is 2. The number of likely N-dealkylation sites (N-methyl/N-ethyl adjacent to an activating group) is 2. The number of nitrogens with zero attached hydrogens (tertiary/aromatic N) is 2. The van der Waals surface area contributed by atoms with Gasteiger partial charge in [0.25, 0.3) is 0 Å². The van der Waals surface area contributed by atoms with Crippen LogP contribution in [0.15, 0.2) is 0 Å². The summed E-state index contributed by atoms with van der Waals surface area (Å²) in [6.07, 6.45) is 2.28. The second-order valence-electron chi connectivity index (χ2n) is 5.08. The van der Waals surface area contributed by atoms with Gasteiger partial charge in [-0.15, -0.1) is 0 Å². The average Bonchev–Trinajstić information content (AvgIpc) is 2.71. The third kappa shape index (κ3) is 4.18. The average molecular weight is 257 g/mol. The van der Waals surface area contributed by atoms with Gasteiger partial charge in [0.2, 0.25) is 0 Å². The number of nitrogens with one attached hydrogen (secondary N) is 1. The first-order chi connectivity index (χ1) is 8.41. The smallest absolute Gasteiger partial charge is 0.317 e. The quantitative estimate of drug-likeness (QED) is 0.749. The maximum Gasteiger partial charge on any atom is 0.317 e. The topological polar surface area (TPSA) is 72.9 Å². The van der Waals surface area contributed by atoms with Crippen LogP contribution in [0.4, 0.5) is 4.79 Å². The van der Waals surface area contributed by atoms with Crippen molar-refractivity contribution in [3.63, 3.8) is 0 Å². The molecule has 1 rings (SSSR count). The fourth-order valence-electron chi connectivity index (χ4n) is 2.07. The number of urea groups is 1. The summed E-state index contributed by atoms with van der Waals surface area (Å²) in [5, 5.41) is 11.4. The van der Waals surface area contributed by atoms with E-state index in [1.165, 1.54) is 6.42 Å². The van der Waals surface area contributed by atoms with Crippen molar-refractivity contribution in [2.75, 3.05) is 33.7 Å². The first-order valence-electron chi connectivity index (χ1n) is 6.33. The maximum atomic E-state index is 11.8. The van der Waals surface area contributed by atoms with Gasteiger partial charge in [0.1, 0.15) is 0 Å². The molecule has 104 valence electrons. The zero-order valence-electron chi connectivity index (χ0n) is 11.3. The highest BCUT2D eigenvalue weighted by atomic mass is 16.4. The number of rotatable bonds is 5. The van der Waals surface area contributed by atoms with Gasteiger partial charge in [-0.05, 0) is 26.4 Å². The van der Waals surface area contributed by atoms with Crippen LogP contribution >= 0.6 is 0 Å². The predicted octanol–water partition coefficient (Wildman–Crippen LogP) is 0.443. The molecule has 2 N–H and O–H groups in total. The number of carbonyl (C=O) groups excluding carboxylic acids is 1. The minimum atomic E-state index is -0.895. The SMILES string of the molecule is CC(CNC(=O)N(C)CC1CCCN1C)C(=O)O. The molecule has 2 unspecified atom stereocenters. The van der Waals surface area contributed by atoms with E-state index in [9.17, 15) is 9.59 Å². The summed E-state index contributed by atoms with van der Waals surface area (Å²) in [4.78, 5) is 26.3. The number of aliphatic carboxylic acids is 1. The van der Waals surface area contributed by atoms with Crippen molar-refractivity contribution < 1.29 is 14.7 Å². The Hall–Kier alpha value is -1.30. The number of carboxylic acids is 1. The minimum absolute atomic E-state index is 0.166. The van der Waals surface area contributed by atoms with Gasteiger partial charge in [-0.3, -0.25) is 4.79 Å². The highest BCUT2D eigenvalue weighted by Gasteiger charge is 2.24. The lowest BCUT2D eigenvalue weighted by atomic mass is 10.2. The Kier molecular flexibility index (Phi) is 5.40. The molecule has 6 nitrogen and oxygen atoms in total. The van der Waals surface area contributed by atoms with Gasteiger partial charge in [0.15, 0.2) is 0 Å². The zero-order chi connectivity index (χ0) is 13.7. The molecule has 18 heavy (non-hydrogen) atoms. The van der Waals surface area contributed by atoms with Gasteiger partial charge < -0.3 is 20.2 Å². The summed E-state index contributed by atoms with van der Waals surface area (Å²) in [5.74, 6) is -1.45. The monoisotopic (exact) mass is 257 g/mol. The first kappa shape index (κ1) is 14.8. The van der Waals surface area contributed by atoms with Gasteiger partial charge in [0, 0.05) is 26.2 Å². The molecular formula is C12H23N3O3. The molecule has 0 aliphatic carbocycles. The molecule has 1 saturated heterocycles. The van der Waals surface area contributed by atoms with Crippen molar-refractivity contribution in [1.82, 2.24) is 15.1 Å². The summed E-state index contributed by atoms with van der Waals surface area (Å²) < 4.78 is 0. The van der Waals surface area contributed by atoms with Gasteiger partial charge >= 0.3 is 12.0 Å². The molecule has 1 aliphatic rings. The van der Waals surface area contributed by atoms with Crippen molar-refractivity contribution in [3.05, 3.63) is 0 Å². The molecule has 0 radical (unpaired) electrons. The van der Waals surface area contributed by atoms with E-state index in [-0.39, 0.29) is 12.6 Å². The van der Waals surface area contributed by atoms with Crippen LogP contribution in [0.5, 0.6) is 0 Å². The van der Waals surface area contributed by atoms with E-state index in [0.29, 0.717) is 12.6 Å². The van der Waals surface area contributed by atoms with E-state index < -0.39 is 11.9 Å². The third-order valence-corrected chi connectivity index (χ3v) is 3.48. The second-order valence-corrected chi connectivity index (χ2v) is 5.08. The lowest BCUT2D eigenvalue weighted by molar-refractivity contribution is -0.140. The summed E-state index contributed by atoms with van der Waals surface area (Å²) in [5.41, 5.74) is 0. The Morgan fingerprint density at radius 3 is 2.72 bits per heavy atom. The fraction of sp³-hybridized carbons (Fsp3) is 0.833. The number of hydrogen-bond acceptors (Lipinski definition) is 3. The van der Waals surface area contributed by atoms with E-state index in [0.717, 1.165) is 13.0 Å². The van der Waals surface area contributed by atoms with E-state index >= 15 is 0 Å². The summed E-state index contributed by atoms with van der Waals surface area (Å²) in [6.45, 7) is 3.51. The third-order valence-electron chi connectivity index (χ3n) is 3.48. The van der Waals surface area contributed by atoms with E-state index in [4.69, 9.17) is 5.11 Å². The van der Waals surface area contributed by atoms with Crippen LogP contribution in [0.3, 0.4) is 0 Å². The zero-order valence-corrected chi connectivity index (χ0v) is 11.3. The summed E-state index contributed by atoms with van der Waals surface area (Å²) in [7, 11) is 3.81. The normalized spacial score (nSPS) is 21.6. The van der Waals surface area contributed by atoms with Crippen LogP contribution in [0.25, 0.3) is 0 Å². The van der Waals surface area contributed by atoms with Crippen molar-refractivity contribution in [2.24, 2.45) is 5.92 Å². The lowest BCUT2D eigenvalue weighted by Crippen LogP contribution is -2.45. The Bertz CT molecular complexity index is 309. The number of carbonyl (C=O) groups is 2. The van der Waals surface area contributed by atoms with Gasteiger partial charge in [0.05, 0.1) is 5.92 Å². The molecule has 1 aliphatic heterocycles. The van der Waals surface area contributed by atoms with Crippen LogP contribution in [0, 0.1) is 5.92 Å². The Balaban J connectivity index is 2.30. The molecule has 2 atom stereocenters. The maximum absolute atomic E-state index is 11.8. The van der Waals surface area contributed by atoms with Crippen molar-refractivity contribution in [3.8, 4) is 0 Å². The highest BCUT2D eigenvalue weighted by Crippen LogP contribution is 2.15. The molecule has 0 bridgehead atoms. The Labute approximate surface area is 108 Å². The molecule has 0 aromatic heterocycles.